The van der Waals surface area contributed by atoms with Crippen molar-refractivity contribution in [2.45, 2.75) is 18.5 Å². The molecule has 192 valence electrons. The van der Waals surface area contributed by atoms with Crippen molar-refractivity contribution in [2.75, 3.05) is 11.9 Å². The summed E-state index contributed by atoms with van der Waals surface area (Å²) in [5.74, 6) is -0.556. The van der Waals surface area contributed by atoms with E-state index in [0.717, 1.165) is 5.69 Å². The third kappa shape index (κ3) is 5.40. The summed E-state index contributed by atoms with van der Waals surface area (Å²) in [5, 5.41) is 15.9. The topological polar surface area (TPSA) is 108 Å². The van der Waals surface area contributed by atoms with Gasteiger partial charge in [-0.3, -0.25) is 9.78 Å². The fourth-order valence-electron chi connectivity index (χ4n) is 4.41. The minimum Gasteiger partial charge on any atom is -0.478 e. The molecule has 0 saturated carbocycles. The number of halogens is 1. The number of anilines is 1. The van der Waals surface area contributed by atoms with Gasteiger partial charge in [-0.05, 0) is 72.9 Å². The average molecular weight is 531 g/mol. The molecule has 2 atom stereocenters. The van der Waals surface area contributed by atoms with Crippen LogP contribution < -0.4 is 10.6 Å². The molecular formula is C28H23FN4O4S. The molecule has 38 heavy (non-hydrogen) atoms. The third-order valence-corrected chi connectivity index (χ3v) is 6.57. The number of carboxylic acids is 1. The first kappa shape index (κ1) is 25.1. The summed E-state index contributed by atoms with van der Waals surface area (Å²) >= 11 is 5.64. The SMILES string of the molecule is O=C(CCN1C(=S)N[C@H](c2ccccn2)[C@H]1c1ccc(-c2cccc(C(=O)O)c2)o1)Nc1ccc(F)cc1. The predicted molar refractivity (Wildman–Crippen MR) is 143 cm³/mol. The van der Waals surface area contributed by atoms with Crippen LogP contribution in [0, 0.1) is 5.82 Å². The molecule has 3 N–H and O–H groups in total. The van der Waals surface area contributed by atoms with E-state index in [1.807, 2.05) is 29.2 Å². The van der Waals surface area contributed by atoms with E-state index in [-0.39, 0.29) is 36.3 Å². The molecule has 3 heterocycles. The zero-order chi connectivity index (χ0) is 26.6. The third-order valence-electron chi connectivity index (χ3n) is 6.22. The lowest BCUT2D eigenvalue weighted by atomic mass is 10.0. The number of amides is 1. The summed E-state index contributed by atoms with van der Waals surface area (Å²) in [7, 11) is 0. The normalized spacial score (nSPS) is 16.8. The number of carboxylic acid groups (broad SMARTS) is 1. The van der Waals surface area contributed by atoms with Crippen molar-refractivity contribution in [3.63, 3.8) is 0 Å². The van der Waals surface area contributed by atoms with E-state index < -0.39 is 12.0 Å². The van der Waals surface area contributed by atoms with Gasteiger partial charge in [0.1, 0.15) is 23.4 Å². The fourth-order valence-corrected chi connectivity index (χ4v) is 4.74. The van der Waals surface area contributed by atoms with Crippen LogP contribution in [-0.2, 0) is 4.79 Å². The van der Waals surface area contributed by atoms with E-state index >= 15 is 0 Å². The fraction of sp³-hybridized carbons (Fsp3) is 0.143. The molecule has 10 heteroatoms. The average Bonchev–Trinajstić information content (AvgIpc) is 3.54. The van der Waals surface area contributed by atoms with Crippen LogP contribution in [0.15, 0.2) is 89.5 Å². The lowest BCUT2D eigenvalue weighted by molar-refractivity contribution is -0.116. The van der Waals surface area contributed by atoms with Gasteiger partial charge in [0.05, 0.1) is 17.3 Å². The molecule has 1 fully saturated rings. The summed E-state index contributed by atoms with van der Waals surface area (Å²) in [6.45, 7) is 0.289. The maximum absolute atomic E-state index is 13.2. The lowest BCUT2D eigenvalue weighted by Crippen LogP contribution is -2.32. The number of rotatable bonds is 8. The number of pyridine rings is 1. The van der Waals surface area contributed by atoms with Crippen LogP contribution in [0.25, 0.3) is 11.3 Å². The summed E-state index contributed by atoms with van der Waals surface area (Å²) in [6.07, 6.45) is 1.82. The molecule has 0 unspecified atom stereocenters. The van der Waals surface area contributed by atoms with Crippen LogP contribution in [0.1, 0.15) is 40.3 Å². The molecule has 8 nitrogen and oxygen atoms in total. The summed E-state index contributed by atoms with van der Waals surface area (Å²) in [6, 6.07) is 20.5. The first-order valence-corrected chi connectivity index (χ1v) is 12.3. The summed E-state index contributed by atoms with van der Waals surface area (Å²) in [5.41, 5.74) is 2.04. The Morgan fingerprint density at radius 2 is 1.89 bits per heavy atom. The van der Waals surface area contributed by atoms with Crippen molar-refractivity contribution < 1.29 is 23.5 Å². The maximum Gasteiger partial charge on any atom is 0.335 e. The highest BCUT2D eigenvalue weighted by molar-refractivity contribution is 7.80. The van der Waals surface area contributed by atoms with Crippen molar-refractivity contribution in [1.29, 1.82) is 0 Å². The van der Waals surface area contributed by atoms with E-state index in [2.05, 4.69) is 15.6 Å². The first-order chi connectivity index (χ1) is 18.4. The van der Waals surface area contributed by atoms with E-state index in [4.69, 9.17) is 16.6 Å². The number of furan rings is 1. The second kappa shape index (κ2) is 10.8. The van der Waals surface area contributed by atoms with Crippen molar-refractivity contribution in [3.8, 4) is 11.3 Å². The van der Waals surface area contributed by atoms with E-state index in [1.165, 1.54) is 30.3 Å². The Hall–Kier alpha value is -4.57. The maximum atomic E-state index is 13.2. The van der Waals surface area contributed by atoms with Crippen molar-refractivity contribution in [1.82, 2.24) is 15.2 Å². The number of aromatic nitrogens is 1. The van der Waals surface area contributed by atoms with E-state index in [9.17, 15) is 19.1 Å². The molecule has 1 aliphatic rings. The number of carbonyl (C=O) groups excluding carboxylic acids is 1. The standard InChI is InChI=1S/C28H23FN4O4S/c29-19-7-9-20(10-8-19)31-24(34)13-15-33-26(25(32-28(33)38)21-6-1-2-14-30-21)23-12-11-22(37-23)17-4-3-5-18(16-17)27(35)36/h1-12,14,16,25-26H,13,15H2,(H,31,34)(H,32,38)(H,35,36)/t25-,26-/m1/s1. The van der Waals surface area contributed by atoms with Gasteiger partial charge in [-0.2, -0.15) is 0 Å². The number of carbonyl (C=O) groups is 2. The van der Waals surface area contributed by atoms with Crippen LogP contribution >= 0.6 is 12.2 Å². The Labute approximate surface area is 223 Å². The predicted octanol–water partition coefficient (Wildman–Crippen LogP) is 5.18. The zero-order valence-electron chi connectivity index (χ0n) is 20.0. The second-order valence-electron chi connectivity index (χ2n) is 8.71. The minimum atomic E-state index is -1.02. The van der Waals surface area contributed by atoms with Crippen LogP contribution in [0.3, 0.4) is 0 Å². The molecule has 0 spiro atoms. The van der Waals surface area contributed by atoms with Crippen LogP contribution in [0.5, 0.6) is 0 Å². The highest BCUT2D eigenvalue weighted by Crippen LogP contribution is 2.40. The van der Waals surface area contributed by atoms with E-state index in [0.29, 0.717) is 27.9 Å². The molecule has 2 aromatic heterocycles. The molecule has 0 bridgehead atoms. The second-order valence-corrected chi connectivity index (χ2v) is 9.10. The number of hydrogen-bond donors (Lipinski definition) is 3. The molecule has 1 amide bonds. The first-order valence-electron chi connectivity index (χ1n) is 11.9. The summed E-state index contributed by atoms with van der Waals surface area (Å²) < 4.78 is 19.4. The molecule has 0 aliphatic carbocycles. The van der Waals surface area contributed by atoms with Gasteiger partial charge >= 0.3 is 5.97 Å². The molecule has 1 aliphatic heterocycles. The van der Waals surface area contributed by atoms with Gasteiger partial charge in [0.2, 0.25) is 5.91 Å². The highest BCUT2D eigenvalue weighted by atomic mass is 32.1. The van der Waals surface area contributed by atoms with Gasteiger partial charge in [-0.1, -0.05) is 18.2 Å². The van der Waals surface area contributed by atoms with Gasteiger partial charge in [0.15, 0.2) is 5.11 Å². The molecule has 5 rings (SSSR count). The number of aromatic carboxylic acids is 1. The van der Waals surface area contributed by atoms with Crippen LogP contribution in [-0.4, -0.2) is 38.5 Å². The van der Waals surface area contributed by atoms with Crippen molar-refractivity contribution in [3.05, 3.63) is 108 Å². The van der Waals surface area contributed by atoms with Crippen LogP contribution in [0.2, 0.25) is 0 Å². The molecule has 2 aromatic carbocycles. The van der Waals surface area contributed by atoms with Crippen molar-refractivity contribution >= 4 is 34.9 Å². The quantitative estimate of drug-likeness (QED) is 0.268. The summed E-state index contributed by atoms with van der Waals surface area (Å²) in [4.78, 5) is 30.4. The zero-order valence-corrected chi connectivity index (χ0v) is 20.8. The smallest absolute Gasteiger partial charge is 0.335 e. The highest BCUT2D eigenvalue weighted by Gasteiger charge is 2.41. The number of nitrogens with one attached hydrogen (secondary N) is 2. The number of nitrogens with zero attached hydrogens (tertiary/aromatic N) is 2. The Morgan fingerprint density at radius 3 is 2.63 bits per heavy atom. The Kier molecular flexibility index (Phi) is 7.14. The van der Waals surface area contributed by atoms with Gasteiger partial charge in [0.25, 0.3) is 0 Å². The number of benzene rings is 2. The van der Waals surface area contributed by atoms with Gasteiger partial charge in [0, 0.05) is 30.4 Å². The van der Waals surface area contributed by atoms with Gasteiger partial charge in [-0.15, -0.1) is 0 Å². The Balaban J connectivity index is 1.40. The Morgan fingerprint density at radius 1 is 1.08 bits per heavy atom. The molecule has 4 aromatic rings. The lowest BCUT2D eigenvalue weighted by Gasteiger charge is -2.25. The number of thiocarbonyl (C=S) groups is 1. The van der Waals surface area contributed by atoms with Crippen LogP contribution in [0.4, 0.5) is 10.1 Å². The van der Waals surface area contributed by atoms with E-state index in [1.54, 1.807) is 30.5 Å². The van der Waals surface area contributed by atoms with Gasteiger partial charge in [-0.25, -0.2) is 9.18 Å². The molecule has 1 saturated heterocycles. The Bertz CT molecular complexity index is 1480. The van der Waals surface area contributed by atoms with Crippen molar-refractivity contribution in [2.24, 2.45) is 0 Å². The van der Waals surface area contributed by atoms with Gasteiger partial charge < -0.3 is 25.1 Å². The largest absolute Gasteiger partial charge is 0.478 e. The monoisotopic (exact) mass is 530 g/mol. The molecular weight excluding hydrogens is 507 g/mol. The minimum absolute atomic E-state index is 0.124. The number of hydrogen-bond acceptors (Lipinski definition) is 5. The molecule has 0 radical (unpaired) electrons.